The lowest BCUT2D eigenvalue weighted by Crippen LogP contribution is -2.47. The zero-order valence-corrected chi connectivity index (χ0v) is 17.3. The molecule has 1 aromatic rings. The van der Waals surface area contributed by atoms with Gasteiger partial charge in [0.15, 0.2) is 11.5 Å². The summed E-state index contributed by atoms with van der Waals surface area (Å²) in [7, 11) is 1.61. The van der Waals surface area contributed by atoms with Crippen LogP contribution in [0.25, 0.3) is 0 Å². The third kappa shape index (κ3) is 6.12. The summed E-state index contributed by atoms with van der Waals surface area (Å²) in [6.45, 7) is 5.50. The number of nitrogens with two attached hydrogens (primary N) is 1. The van der Waals surface area contributed by atoms with Crippen LogP contribution < -0.4 is 25.8 Å². The summed E-state index contributed by atoms with van der Waals surface area (Å²) in [6, 6.07) is 4.83. The van der Waals surface area contributed by atoms with Crippen molar-refractivity contribution in [3.63, 3.8) is 0 Å². The van der Waals surface area contributed by atoms with Gasteiger partial charge in [0.1, 0.15) is 0 Å². The number of carbonyl (C=O) groups is 2. The molecule has 0 aliphatic heterocycles. The molecule has 1 fully saturated rings. The van der Waals surface area contributed by atoms with Gasteiger partial charge in [-0.05, 0) is 56.2 Å². The lowest BCUT2D eigenvalue weighted by molar-refractivity contribution is -0.127. The highest BCUT2D eigenvalue weighted by molar-refractivity contribution is 5.87. The second-order valence-corrected chi connectivity index (χ2v) is 7.71. The van der Waals surface area contributed by atoms with Crippen molar-refractivity contribution in [1.29, 1.82) is 0 Å². The fourth-order valence-electron chi connectivity index (χ4n) is 3.20. The van der Waals surface area contributed by atoms with Crippen molar-refractivity contribution in [2.24, 2.45) is 11.7 Å². The van der Waals surface area contributed by atoms with E-state index in [0.717, 1.165) is 24.2 Å². The van der Waals surface area contributed by atoms with Crippen LogP contribution in [0.3, 0.4) is 0 Å². The third-order valence-electron chi connectivity index (χ3n) is 5.11. The monoisotopic (exact) mass is 391 g/mol. The van der Waals surface area contributed by atoms with E-state index in [1.165, 1.54) is 12.8 Å². The molecule has 0 aromatic heterocycles. The SMILES string of the molecule is COc1cc(C(C)NC(=O)CNC(=O)[C@@H](N)C(C)C)ccc1OC1CCCC1. The van der Waals surface area contributed by atoms with E-state index < -0.39 is 6.04 Å². The zero-order valence-electron chi connectivity index (χ0n) is 17.3. The van der Waals surface area contributed by atoms with Gasteiger partial charge in [0.05, 0.1) is 31.8 Å². The van der Waals surface area contributed by atoms with Crippen molar-refractivity contribution in [3.8, 4) is 11.5 Å². The molecule has 1 aliphatic rings. The third-order valence-corrected chi connectivity index (χ3v) is 5.11. The fraction of sp³-hybridized carbons (Fsp3) is 0.619. The van der Waals surface area contributed by atoms with E-state index in [1.54, 1.807) is 7.11 Å². The van der Waals surface area contributed by atoms with Gasteiger partial charge in [-0.3, -0.25) is 9.59 Å². The zero-order chi connectivity index (χ0) is 20.7. The van der Waals surface area contributed by atoms with Crippen LogP contribution in [0.1, 0.15) is 58.1 Å². The van der Waals surface area contributed by atoms with E-state index in [1.807, 2.05) is 39.0 Å². The minimum atomic E-state index is -0.623. The molecule has 1 unspecified atom stereocenters. The second-order valence-electron chi connectivity index (χ2n) is 7.71. The van der Waals surface area contributed by atoms with Crippen molar-refractivity contribution in [2.75, 3.05) is 13.7 Å². The maximum Gasteiger partial charge on any atom is 0.239 e. The maximum absolute atomic E-state index is 12.2. The number of benzene rings is 1. The van der Waals surface area contributed by atoms with E-state index in [9.17, 15) is 9.59 Å². The predicted octanol–water partition coefficient (Wildman–Crippen LogP) is 2.29. The first-order valence-corrected chi connectivity index (χ1v) is 9.99. The summed E-state index contributed by atoms with van der Waals surface area (Å²) in [6.07, 6.45) is 4.80. The summed E-state index contributed by atoms with van der Waals surface area (Å²) in [5.74, 6) is 0.794. The Morgan fingerprint density at radius 2 is 1.86 bits per heavy atom. The van der Waals surface area contributed by atoms with Gasteiger partial charge in [-0.15, -0.1) is 0 Å². The number of carbonyl (C=O) groups excluding carboxylic acids is 2. The van der Waals surface area contributed by atoms with Crippen LogP contribution in [0.15, 0.2) is 18.2 Å². The van der Waals surface area contributed by atoms with E-state index in [-0.39, 0.29) is 36.4 Å². The lowest BCUT2D eigenvalue weighted by atomic mass is 10.1. The normalized spacial score (nSPS) is 16.5. The number of rotatable bonds is 9. The molecule has 0 bridgehead atoms. The first-order chi connectivity index (χ1) is 13.3. The molecular formula is C21H33N3O4. The molecule has 0 spiro atoms. The van der Waals surface area contributed by atoms with Crippen LogP contribution in [-0.4, -0.2) is 37.6 Å². The van der Waals surface area contributed by atoms with Crippen molar-refractivity contribution in [3.05, 3.63) is 23.8 Å². The van der Waals surface area contributed by atoms with Crippen molar-refractivity contribution < 1.29 is 19.1 Å². The first-order valence-electron chi connectivity index (χ1n) is 9.99. The van der Waals surface area contributed by atoms with Gasteiger partial charge < -0.3 is 25.8 Å². The Bertz CT molecular complexity index is 672. The van der Waals surface area contributed by atoms with Crippen LogP contribution in [0.4, 0.5) is 0 Å². The van der Waals surface area contributed by atoms with E-state index in [2.05, 4.69) is 10.6 Å². The highest BCUT2D eigenvalue weighted by atomic mass is 16.5. The maximum atomic E-state index is 12.2. The van der Waals surface area contributed by atoms with Gasteiger partial charge in [-0.25, -0.2) is 0 Å². The minimum Gasteiger partial charge on any atom is -0.493 e. The van der Waals surface area contributed by atoms with E-state index in [4.69, 9.17) is 15.2 Å². The van der Waals surface area contributed by atoms with Gasteiger partial charge in [0.25, 0.3) is 0 Å². The average Bonchev–Trinajstić information content (AvgIpc) is 3.18. The molecule has 1 saturated carbocycles. The Morgan fingerprint density at radius 3 is 2.46 bits per heavy atom. The van der Waals surface area contributed by atoms with E-state index >= 15 is 0 Å². The molecular weight excluding hydrogens is 358 g/mol. The molecule has 7 heteroatoms. The van der Waals surface area contributed by atoms with Crippen LogP contribution in [0, 0.1) is 5.92 Å². The molecule has 28 heavy (non-hydrogen) atoms. The van der Waals surface area contributed by atoms with Crippen molar-refractivity contribution in [1.82, 2.24) is 10.6 Å². The molecule has 0 saturated heterocycles. The smallest absolute Gasteiger partial charge is 0.239 e. The summed E-state index contributed by atoms with van der Waals surface area (Å²) in [4.78, 5) is 24.0. The molecule has 1 aromatic carbocycles. The molecule has 2 atom stereocenters. The van der Waals surface area contributed by atoms with Crippen LogP contribution in [0.5, 0.6) is 11.5 Å². The van der Waals surface area contributed by atoms with Gasteiger partial charge >= 0.3 is 0 Å². The van der Waals surface area contributed by atoms with Crippen LogP contribution in [0.2, 0.25) is 0 Å². The summed E-state index contributed by atoms with van der Waals surface area (Å²) >= 11 is 0. The first kappa shape index (κ1) is 22.0. The quantitative estimate of drug-likeness (QED) is 0.599. The van der Waals surface area contributed by atoms with Crippen molar-refractivity contribution >= 4 is 11.8 Å². The largest absolute Gasteiger partial charge is 0.493 e. The minimum absolute atomic E-state index is 0.0133. The Hall–Kier alpha value is -2.28. The van der Waals surface area contributed by atoms with Gasteiger partial charge in [-0.1, -0.05) is 19.9 Å². The summed E-state index contributed by atoms with van der Waals surface area (Å²) < 4.78 is 11.5. The van der Waals surface area contributed by atoms with Gasteiger partial charge in [0, 0.05) is 0 Å². The predicted molar refractivity (Wildman–Crippen MR) is 108 cm³/mol. The number of hydrogen-bond acceptors (Lipinski definition) is 5. The molecule has 7 nitrogen and oxygen atoms in total. The number of ether oxygens (including phenoxy) is 2. The molecule has 1 aliphatic carbocycles. The molecule has 0 heterocycles. The number of methoxy groups -OCH3 is 1. The standard InChI is InChI=1S/C21H33N3O4/c1-13(2)20(22)21(26)23-12-19(25)24-14(3)15-9-10-17(18(11-15)27-4)28-16-7-5-6-8-16/h9-11,13-14,16,20H,5-8,12,22H2,1-4H3,(H,23,26)(H,24,25)/t14?,20-/m0/s1. The topological polar surface area (TPSA) is 103 Å². The molecule has 4 N–H and O–H groups in total. The average molecular weight is 392 g/mol. The molecule has 2 amide bonds. The highest BCUT2D eigenvalue weighted by Crippen LogP contribution is 2.33. The summed E-state index contributed by atoms with van der Waals surface area (Å²) in [5.41, 5.74) is 6.67. The number of hydrogen-bond donors (Lipinski definition) is 3. The lowest BCUT2D eigenvalue weighted by Gasteiger charge is -2.20. The number of nitrogens with one attached hydrogen (secondary N) is 2. The summed E-state index contributed by atoms with van der Waals surface area (Å²) in [5, 5.41) is 5.44. The fourth-order valence-corrected chi connectivity index (χ4v) is 3.20. The molecule has 2 rings (SSSR count). The Morgan fingerprint density at radius 1 is 1.18 bits per heavy atom. The van der Waals surface area contributed by atoms with Crippen molar-refractivity contribution in [2.45, 2.75) is 64.6 Å². The Kier molecular flexibility index (Phi) is 8.11. The molecule has 0 radical (unpaired) electrons. The van der Waals surface area contributed by atoms with E-state index in [0.29, 0.717) is 5.75 Å². The Balaban J connectivity index is 1.91. The molecule has 156 valence electrons. The van der Waals surface area contributed by atoms with Crippen LogP contribution >= 0.6 is 0 Å². The van der Waals surface area contributed by atoms with Gasteiger partial charge in [0.2, 0.25) is 11.8 Å². The highest BCUT2D eigenvalue weighted by Gasteiger charge is 2.20. The number of amides is 2. The van der Waals surface area contributed by atoms with Crippen LogP contribution in [-0.2, 0) is 9.59 Å². The second kappa shape index (κ2) is 10.3. The van der Waals surface area contributed by atoms with Gasteiger partial charge in [-0.2, -0.15) is 0 Å². The Labute approximate surface area is 167 Å².